The van der Waals surface area contributed by atoms with Crippen LogP contribution in [0.2, 0.25) is 0 Å². The molecule has 1 aromatic carbocycles. The number of amides is 1. The molecule has 1 amide bonds. The van der Waals surface area contributed by atoms with Crippen molar-refractivity contribution in [2.24, 2.45) is 17.8 Å². The van der Waals surface area contributed by atoms with Gasteiger partial charge in [0.2, 0.25) is 0 Å². The van der Waals surface area contributed by atoms with Crippen LogP contribution in [-0.2, 0) is 4.79 Å². The highest BCUT2D eigenvalue weighted by molar-refractivity contribution is 6.05. The van der Waals surface area contributed by atoms with E-state index in [1.807, 2.05) is 13.8 Å². The maximum atomic E-state index is 12.9. The molecule has 0 saturated heterocycles. The highest BCUT2D eigenvalue weighted by Gasteiger charge is 2.57. The van der Waals surface area contributed by atoms with Crippen LogP contribution in [0.1, 0.15) is 43.2 Å². The van der Waals surface area contributed by atoms with E-state index in [0.29, 0.717) is 17.2 Å². The maximum absolute atomic E-state index is 12.9. The molecule has 26 heavy (non-hydrogen) atoms. The first-order chi connectivity index (χ1) is 12.4. The van der Waals surface area contributed by atoms with Crippen molar-refractivity contribution in [3.8, 4) is 0 Å². The molecule has 0 spiro atoms. The Balaban J connectivity index is 1.68. The first-order valence-electron chi connectivity index (χ1n) is 8.93. The van der Waals surface area contributed by atoms with Crippen molar-refractivity contribution in [2.75, 3.05) is 0 Å². The van der Waals surface area contributed by atoms with Gasteiger partial charge in [-0.1, -0.05) is 18.2 Å². The zero-order valence-electron chi connectivity index (χ0n) is 14.7. The number of nitrogens with one attached hydrogen (secondary N) is 1. The van der Waals surface area contributed by atoms with Crippen molar-refractivity contribution in [1.29, 1.82) is 0 Å². The lowest BCUT2D eigenvalue weighted by molar-refractivity contribution is -0.142. The van der Waals surface area contributed by atoms with Gasteiger partial charge in [-0.3, -0.25) is 14.4 Å². The summed E-state index contributed by atoms with van der Waals surface area (Å²) in [5.41, 5.74) is -0.00825. The predicted octanol–water partition coefficient (Wildman–Crippen LogP) is 1.82. The molecule has 1 aromatic heterocycles. The number of rotatable bonds is 4. The molecule has 2 aliphatic carbocycles. The van der Waals surface area contributed by atoms with E-state index in [4.69, 9.17) is 0 Å². The van der Waals surface area contributed by atoms with Crippen LogP contribution in [0.5, 0.6) is 0 Å². The van der Waals surface area contributed by atoms with Gasteiger partial charge in [-0.05, 0) is 44.6 Å². The van der Waals surface area contributed by atoms with Crippen LogP contribution in [-0.4, -0.2) is 32.8 Å². The number of hydrogen-bond acceptors (Lipinski definition) is 4. The summed E-state index contributed by atoms with van der Waals surface area (Å²) in [7, 11) is 0. The molecule has 2 saturated carbocycles. The molecule has 2 N–H and O–H groups in total. The fraction of sp³-hybridized carbons (Fsp3) is 0.474. The Morgan fingerprint density at radius 3 is 2.50 bits per heavy atom. The van der Waals surface area contributed by atoms with Crippen LogP contribution in [0.3, 0.4) is 0 Å². The third-order valence-corrected chi connectivity index (χ3v) is 5.60. The smallest absolute Gasteiger partial charge is 0.306 e. The number of aromatic nitrogens is 2. The van der Waals surface area contributed by atoms with E-state index in [0.717, 1.165) is 6.42 Å². The van der Waals surface area contributed by atoms with Crippen LogP contribution in [0.4, 0.5) is 0 Å². The summed E-state index contributed by atoms with van der Waals surface area (Å²) in [6, 6.07) is 6.63. The van der Waals surface area contributed by atoms with Crippen molar-refractivity contribution < 1.29 is 14.7 Å². The summed E-state index contributed by atoms with van der Waals surface area (Å²) in [4.78, 5) is 36.8. The number of nitrogens with zero attached hydrogens (tertiary/aromatic N) is 2. The highest BCUT2D eigenvalue weighted by atomic mass is 16.4. The van der Waals surface area contributed by atoms with E-state index < -0.39 is 5.97 Å². The Hall–Kier alpha value is -2.70. The van der Waals surface area contributed by atoms with Crippen LogP contribution in [0.25, 0.3) is 10.8 Å². The molecule has 0 radical (unpaired) electrons. The maximum Gasteiger partial charge on any atom is 0.306 e. The highest BCUT2D eigenvalue weighted by Crippen LogP contribution is 2.55. The first kappa shape index (κ1) is 16.8. The van der Waals surface area contributed by atoms with Crippen LogP contribution in [0.15, 0.2) is 29.1 Å². The molecule has 136 valence electrons. The molecular formula is C19H21N3O4. The number of carbonyl (C=O) groups excluding carboxylic acids is 1. The lowest BCUT2D eigenvalue weighted by Crippen LogP contribution is -2.38. The quantitative estimate of drug-likeness (QED) is 0.871. The van der Waals surface area contributed by atoms with Gasteiger partial charge >= 0.3 is 5.97 Å². The molecule has 0 unspecified atom stereocenters. The van der Waals surface area contributed by atoms with Gasteiger partial charge in [0.25, 0.3) is 11.5 Å². The van der Waals surface area contributed by atoms with Gasteiger partial charge in [0.1, 0.15) is 0 Å². The summed E-state index contributed by atoms with van der Waals surface area (Å²) >= 11 is 0. The Labute approximate surface area is 150 Å². The fourth-order valence-corrected chi connectivity index (χ4v) is 4.20. The third kappa shape index (κ3) is 2.58. The van der Waals surface area contributed by atoms with Crippen molar-refractivity contribution in [1.82, 2.24) is 15.1 Å². The zero-order chi connectivity index (χ0) is 18.6. The SMILES string of the molecule is CC(C)n1nc(C(=O)N[C@@H]2C[C@H](C(=O)O)[C@H]3C[C@H]32)c2ccccc2c1=O. The number of carboxylic acid groups (broad SMARTS) is 1. The summed E-state index contributed by atoms with van der Waals surface area (Å²) < 4.78 is 1.33. The molecule has 0 aliphatic heterocycles. The van der Waals surface area contributed by atoms with Crippen molar-refractivity contribution in [2.45, 2.75) is 38.8 Å². The number of hydrogen-bond donors (Lipinski definition) is 2. The minimum Gasteiger partial charge on any atom is -0.481 e. The predicted molar refractivity (Wildman–Crippen MR) is 95.0 cm³/mol. The second-order valence-corrected chi connectivity index (χ2v) is 7.56. The molecular weight excluding hydrogens is 334 g/mol. The minimum absolute atomic E-state index is 0.145. The van der Waals surface area contributed by atoms with E-state index >= 15 is 0 Å². The normalized spacial score (nSPS) is 26.7. The number of aliphatic carboxylic acids is 1. The van der Waals surface area contributed by atoms with E-state index in [9.17, 15) is 19.5 Å². The van der Waals surface area contributed by atoms with Crippen molar-refractivity contribution in [3.05, 3.63) is 40.3 Å². The van der Waals surface area contributed by atoms with E-state index in [-0.39, 0.29) is 47.0 Å². The van der Waals surface area contributed by atoms with Crippen LogP contribution < -0.4 is 10.9 Å². The number of carboxylic acids is 1. The second kappa shape index (κ2) is 5.93. The Kier molecular flexibility index (Phi) is 3.82. The molecule has 7 nitrogen and oxygen atoms in total. The average molecular weight is 355 g/mol. The number of carbonyl (C=O) groups is 2. The summed E-state index contributed by atoms with van der Waals surface area (Å²) in [6.07, 6.45) is 1.31. The van der Waals surface area contributed by atoms with Gasteiger partial charge in [-0.25, -0.2) is 4.68 Å². The molecule has 2 aliphatic rings. The van der Waals surface area contributed by atoms with Crippen molar-refractivity contribution in [3.63, 3.8) is 0 Å². The molecule has 2 aromatic rings. The van der Waals surface area contributed by atoms with Gasteiger partial charge in [0.05, 0.1) is 17.3 Å². The third-order valence-electron chi connectivity index (χ3n) is 5.60. The lowest BCUT2D eigenvalue weighted by Gasteiger charge is -2.17. The van der Waals surface area contributed by atoms with E-state index in [1.165, 1.54) is 4.68 Å². The lowest BCUT2D eigenvalue weighted by atomic mass is 10.0. The average Bonchev–Trinajstić information content (AvgIpc) is 3.31. The van der Waals surface area contributed by atoms with Crippen molar-refractivity contribution >= 4 is 22.6 Å². The second-order valence-electron chi connectivity index (χ2n) is 7.56. The van der Waals surface area contributed by atoms with Gasteiger partial charge in [0, 0.05) is 11.4 Å². The van der Waals surface area contributed by atoms with Crippen LogP contribution in [0, 0.1) is 17.8 Å². The van der Waals surface area contributed by atoms with Gasteiger partial charge in [0.15, 0.2) is 5.69 Å². The Morgan fingerprint density at radius 1 is 1.19 bits per heavy atom. The number of benzene rings is 1. The Bertz CT molecular complexity index is 965. The van der Waals surface area contributed by atoms with Gasteiger partial charge in [-0.15, -0.1) is 0 Å². The molecule has 1 heterocycles. The summed E-state index contributed by atoms with van der Waals surface area (Å²) in [6.45, 7) is 3.68. The molecule has 4 rings (SSSR count). The summed E-state index contributed by atoms with van der Waals surface area (Å²) in [5, 5.41) is 17.5. The standard InChI is InChI=1S/C19H21N3O4/c1-9(2)22-18(24)11-6-4-3-5-10(11)16(21-22)17(23)20-15-8-14(19(25)26)12-7-13(12)15/h3-6,9,12-15H,7-8H2,1-2H3,(H,20,23)(H,25,26)/t12-,13+,14-,15+/m0/s1. The van der Waals surface area contributed by atoms with Crippen LogP contribution >= 0.6 is 0 Å². The first-order valence-corrected chi connectivity index (χ1v) is 8.93. The van der Waals surface area contributed by atoms with Gasteiger partial charge in [-0.2, -0.15) is 5.10 Å². The van der Waals surface area contributed by atoms with Gasteiger partial charge < -0.3 is 10.4 Å². The summed E-state index contributed by atoms with van der Waals surface area (Å²) in [5.74, 6) is -1.10. The zero-order valence-corrected chi connectivity index (χ0v) is 14.7. The monoisotopic (exact) mass is 355 g/mol. The molecule has 7 heteroatoms. The van der Waals surface area contributed by atoms with E-state index in [1.54, 1.807) is 24.3 Å². The molecule has 0 bridgehead atoms. The topological polar surface area (TPSA) is 101 Å². The largest absolute Gasteiger partial charge is 0.481 e. The Morgan fingerprint density at radius 2 is 1.88 bits per heavy atom. The van der Waals surface area contributed by atoms with E-state index in [2.05, 4.69) is 10.4 Å². The minimum atomic E-state index is -0.786. The number of fused-ring (bicyclic) bond motifs is 2. The fourth-order valence-electron chi connectivity index (χ4n) is 4.20. The molecule has 4 atom stereocenters. The molecule has 2 fully saturated rings.